The van der Waals surface area contributed by atoms with Gasteiger partial charge in [0.1, 0.15) is 11.4 Å². The first-order chi connectivity index (χ1) is 15.3. The zero-order chi connectivity index (χ0) is 22.5. The van der Waals surface area contributed by atoms with Crippen molar-refractivity contribution < 1.29 is 27.5 Å². The predicted molar refractivity (Wildman–Crippen MR) is 114 cm³/mol. The van der Waals surface area contributed by atoms with E-state index < -0.39 is 23.9 Å². The van der Waals surface area contributed by atoms with Gasteiger partial charge >= 0.3 is 6.36 Å². The van der Waals surface area contributed by atoms with Gasteiger partial charge in [-0.3, -0.25) is 9.59 Å². The average Bonchev–Trinajstić information content (AvgIpc) is 3.46. The number of thiophene rings is 1. The summed E-state index contributed by atoms with van der Waals surface area (Å²) in [5, 5.41) is 1.82. The summed E-state index contributed by atoms with van der Waals surface area (Å²) in [4.78, 5) is 30.5. The maximum Gasteiger partial charge on any atom is 0.573 e. The van der Waals surface area contributed by atoms with Crippen LogP contribution < -0.4 is 14.5 Å². The Balaban J connectivity index is 1.55. The molecule has 0 atom stereocenters. The van der Waals surface area contributed by atoms with Gasteiger partial charge in [0, 0.05) is 17.1 Å². The molecule has 0 aliphatic carbocycles. The van der Waals surface area contributed by atoms with E-state index in [1.165, 1.54) is 23.5 Å². The second kappa shape index (κ2) is 7.52. The Morgan fingerprint density at radius 2 is 1.66 bits per heavy atom. The fraction of sp³-hybridized carbons (Fsp3) is 0.130. The lowest BCUT2D eigenvalue weighted by atomic mass is 10.1. The molecule has 2 aliphatic heterocycles. The summed E-state index contributed by atoms with van der Waals surface area (Å²) in [5.74, 6) is -1.46. The number of halogens is 3. The Kier molecular flexibility index (Phi) is 4.78. The number of para-hydroxylation sites is 1. The molecule has 162 valence electrons. The molecule has 0 saturated carbocycles. The molecule has 2 aromatic carbocycles. The van der Waals surface area contributed by atoms with Gasteiger partial charge in [-0.1, -0.05) is 24.3 Å². The zero-order valence-corrected chi connectivity index (χ0v) is 17.2. The van der Waals surface area contributed by atoms with E-state index in [4.69, 9.17) is 0 Å². The molecule has 0 fully saturated rings. The molecule has 5 rings (SSSR count). The lowest BCUT2D eigenvalue weighted by Gasteiger charge is -2.21. The summed E-state index contributed by atoms with van der Waals surface area (Å²) in [6, 6.07) is 16.0. The van der Waals surface area contributed by atoms with Crippen molar-refractivity contribution >= 4 is 40.1 Å². The molecule has 9 heteroatoms. The lowest BCUT2D eigenvalue weighted by molar-refractivity contribution is -0.274. The Morgan fingerprint density at radius 1 is 0.906 bits per heavy atom. The summed E-state index contributed by atoms with van der Waals surface area (Å²) in [6.07, 6.45) is -4.09. The summed E-state index contributed by atoms with van der Waals surface area (Å²) in [7, 11) is 0. The van der Waals surface area contributed by atoms with Crippen molar-refractivity contribution in [1.82, 2.24) is 0 Å². The maximum atomic E-state index is 13.5. The number of carbonyl (C=O) groups is 2. The number of alkyl halides is 3. The molecule has 2 aliphatic rings. The zero-order valence-electron chi connectivity index (χ0n) is 16.4. The Hall–Kier alpha value is -3.59. The van der Waals surface area contributed by atoms with E-state index in [9.17, 15) is 22.8 Å². The van der Waals surface area contributed by atoms with E-state index in [2.05, 4.69) is 4.74 Å². The fourth-order valence-corrected chi connectivity index (χ4v) is 4.78. The first-order valence-electron chi connectivity index (χ1n) is 9.72. The number of hydrogen-bond donors (Lipinski definition) is 0. The predicted octanol–water partition coefficient (Wildman–Crippen LogP) is 4.99. The molecule has 0 radical (unpaired) electrons. The average molecular weight is 456 g/mol. The van der Waals surface area contributed by atoms with Gasteiger partial charge < -0.3 is 9.64 Å². The number of rotatable bonds is 4. The number of carbonyl (C=O) groups excluding carboxylic acids is 2. The number of anilines is 2. The maximum absolute atomic E-state index is 13.5. The number of nitrogens with zero attached hydrogens (tertiary/aromatic N) is 2. The van der Waals surface area contributed by atoms with E-state index in [0.717, 1.165) is 34.7 Å². The molecular formula is C23H15F3N2O3S. The van der Waals surface area contributed by atoms with Gasteiger partial charge in [0.2, 0.25) is 0 Å². The van der Waals surface area contributed by atoms with Crippen LogP contribution in [-0.4, -0.2) is 24.7 Å². The topological polar surface area (TPSA) is 49.9 Å². The second-order valence-electron chi connectivity index (χ2n) is 7.22. The van der Waals surface area contributed by atoms with Crippen molar-refractivity contribution in [2.24, 2.45) is 0 Å². The lowest BCUT2D eigenvalue weighted by Crippen LogP contribution is -2.34. The van der Waals surface area contributed by atoms with Crippen molar-refractivity contribution in [2.75, 3.05) is 16.3 Å². The van der Waals surface area contributed by atoms with Crippen molar-refractivity contribution in [3.05, 3.63) is 82.2 Å². The third-order valence-electron chi connectivity index (χ3n) is 5.31. The van der Waals surface area contributed by atoms with Crippen LogP contribution in [-0.2, 0) is 16.0 Å². The number of benzene rings is 2. The van der Waals surface area contributed by atoms with Crippen molar-refractivity contribution in [3.8, 4) is 5.75 Å². The van der Waals surface area contributed by atoms with Crippen LogP contribution in [0.3, 0.4) is 0 Å². The SMILES string of the molecule is O=C1C(c2cccs2)=C(N2CCc3ccccc32)C(=O)N1c1ccc(OC(F)(F)F)cc1. The monoisotopic (exact) mass is 456 g/mol. The van der Waals surface area contributed by atoms with E-state index in [1.807, 2.05) is 34.5 Å². The van der Waals surface area contributed by atoms with Gasteiger partial charge in [0.25, 0.3) is 11.8 Å². The molecule has 3 aromatic rings. The van der Waals surface area contributed by atoms with Crippen molar-refractivity contribution in [2.45, 2.75) is 12.8 Å². The molecule has 0 spiro atoms. The summed E-state index contributed by atoms with van der Waals surface area (Å²) in [5.41, 5.74) is 2.69. The van der Waals surface area contributed by atoms with E-state index in [1.54, 1.807) is 12.1 Å². The molecular weight excluding hydrogens is 441 g/mol. The minimum Gasteiger partial charge on any atom is -0.406 e. The van der Waals surface area contributed by atoms with Gasteiger partial charge in [0.05, 0.1) is 11.3 Å². The number of fused-ring (bicyclic) bond motifs is 1. The Bertz CT molecular complexity index is 1230. The van der Waals surface area contributed by atoms with Crippen molar-refractivity contribution in [3.63, 3.8) is 0 Å². The number of imide groups is 1. The molecule has 5 nitrogen and oxygen atoms in total. The van der Waals surface area contributed by atoms with Gasteiger partial charge in [0.15, 0.2) is 0 Å². The van der Waals surface area contributed by atoms with Crippen LogP contribution in [0.4, 0.5) is 24.5 Å². The van der Waals surface area contributed by atoms with E-state index >= 15 is 0 Å². The number of ether oxygens (including phenoxy) is 1. The van der Waals surface area contributed by atoms with Gasteiger partial charge in [-0.25, -0.2) is 4.90 Å². The van der Waals surface area contributed by atoms with E-state index in [0.29, 0.717) is 11.4 Å². The molecule has 0 unspecified atom stereocenters. The van der Waals surface area contributed by atoms with Crippen LogP contribution in [0.1, 0.15) is 10.4 Å². The standard InChI is InChI=1S/C23H15F3N2O3S/c24-23(25,26)31-16-9-7-15(8-10-16)28-21(29)19(18-6-3-13-32-18)20(22(28)30)27-12-11-14-4-1-2-5-17(14)27/h1-10,13H,11-12H2. The molecule has 0 bridgehead atoms. The summed E-state index contributed by atoms with van der Waals surface area (Å²) >= 11 is 1.35. The molecule has 2 amide bonds. The smallest absolute Gasteiger partial charge is 0.406 e. The van der Waals surface area contributed by atoms with E-state index in [-0.39, 0.29) is 17.0 Å². The van der Waals surface area contributed by atoms with Crippen molar-refractivity contribution in [1.29, 1.82) is 0 Å². The quantitative estimate of drug-likeness (QED) is 0.519. The first kappa shape index (κ1) is 20.3. The highest BCUT2D eigenvalue weighted by Crippen LogP contribution is 2.41. The minimum absolute atomic E-state index is 0.172. The van der Waals surface area contributed by atoms with Crippen LogP contribution in [0.2, 0.25) is 0 Å². The molecule has 0 N–H and O–H groups in total. The first-order valence-corrected chi connectivity index (χ1v) is 10.6. The molecule has 3 heterocycles. The van der Waals surface area contributed by atoms with Gasteiger partial charge in [-0.2, -0.15) is 0 Å². The Labute approximate surface area is 184 Å². The number of hydrogen-bond acceptors (Lipinski definition) is 5. The number of amides is 2. The summed E-state index contributed by atoms with van der Waals surface area (Å²) in [6.45, 7) is 0.550. The van der Waals surface area contributed by atoms with Gasteiger partial charge in [-0.15, -0.1) is 24.5 Å². The van der Waals surface area contributed by atoms with Crippen LogP contribution in [0, 0.1) is 0 Å². The van der Waals surface area contributed by atoms with Gasteiger partial charge in [-0.05, 0) is 53.8 Å². The highest BCUT2D eigenvalue weighted by Gasteiger charge is 2.44. The summed E-state index contributed by atoms with van der Waals surface area (Å²) < 4.78 is 41.3. The fourth-order valence-electron chi connectivity index (χ4n) is 4.01. The molecule has 0 saturated heterocycles. The third kappa shape index (κ3) is 3.44. The molecule has 1 aromatic heterocycles. The van der Waals surface area contributed by atoms with Crippen LogP contribution in [0.5, 0.6) is 5.75 Å². The van der Waals surface area contributed by atoms with Crippen LogP contribution in [0.15, 0.2) is 71.7 Å². The highest BCUT2D eigenvalue weighted by atomic mass is 32.1. The second-order valence-corrected chi connectivity index (χ2v) is 8.17. The highest BCUT2D eigenvalue weighted by molar-refractivity contribution is 7.11. The normalized spacial score (nSPS) is 16.2. The molecule has 32 heavy (non-hydrogen) atoms. The third-order valence-corrected chi connectivity index (χ3v) is 6.20. The minimum atomic E-state index is -4.83. The Morgan fingerprint density at radius 3 is 2.34 bits per heavy atom. The van der Waals surface area contributed by atoms with Crippen LogP contribution in [0.25, 0.3) is 5.57 Å². The van der Waals surface area contributed by atoms with Crippen LogP contribution >= 0.6 is 11.3 Å². The largest absolute Gasteiger partial charge is 0.573 e.